The number of aliphatic hydroxyl groups is 1. The number of nitrogens with zero attached hydrogens (tertiary/aromatic N) is 1. The zero-order chi connectivity index (χ0) is 21.3. The Bertz CT molecular complexity index is 1140. The maximum atomic E-state index is 13.0. The molecule has 1 saturated heterocycles. The van der Waals surface area contributed by atoms with Crippen LogP contribution in [0.3, 0.4) is 0 Å². The summed E-state index contributed by atoms with van der Waals surface area (Å²) in [6, 6.07) is 15.8. The number of ketones is 1. The van der Waals surface area contributed by atoms with Gasteiger partial charge in [-0.2, -0.15) is 0 Å². The van der Waals surface area contributed by atoms with Gasteiger partial charge in [0, 0.05) is 10.4 Å². The van der Waals surface area contributed by atoms with E-state index < -0.39 is 17.7 Å². The lowest BCUT2D eigenvalue weighted by atomic mass is 9.99. The van der Waals surface area contributed by atoms with Crippen molar-refractivity contribution in [1.29, 1.82) is 0 Å². The van der Waals surface area contributed by atoms with Crippen LogP contribution in [0.1, 0.15) is 23.4 Å². The maximum absolute atomic E-state index is 13.0. The van der Waals surface area contributed by atoms with Gasteiger partial charge in [-0.3, -0.25) is 14.5 Å². The summed E-state index contributed by atoms with van der Waals surface area (Å²) >= 11 is 1.36. The summed E-state index contributed by atoms with van der Waals surface area (Å²) in [7, 11) is 0. The van der Waals surface area contributed by atoms with Gasteiger partial charge in [0.15, 0.2) is 0 Å². The van der Waals surface area contributed by atoms with Gasteiger partial charge >= 0.3 is 0 Å². The van der Waals surface area contributed by atoms with Crippen LogP contribution in [-0.2, 0) is 9.59 Å². The molecule has 1 aliphatic heterocycles. The number of hydrogen-bond donors (Lipinski definition) is 2. The van der Waals surface area contributed by atoms with E-state index in [0.29, 0.717) is 22.8 Å². The van der Waals surface area contributed by atoms with Gasteiger partial charge in [0.1, 0.15) is 23.3 Å². The number of amides is 1. The average Bonchev–Trinajstić information content (AvgIpc) is 3.36. The molecular weight excluding hydrogens is 402 g/mol. The van der Waals surface area contributed by atoms with E-state index in [0.717, 1.165) is 0 Å². The highest BCUT2D eigenvalue weighted by molar-refractivity contribution is 7.10. The molecule has 7 heteroatoms. The summed E-state index contributed by atoms with van der Waals surface area (Å²) in [4.78, 5) is 27.9. The third-order valence-electron chi connectivity index (χ3n) is 4.82. The van der Waals surface area contributed by atoms with Crippen molar-refractivity contribution in [3.8, 4) is 11.5 Å². The first-order valence-electron chi connectivity index (χ1n) is 9.38. The monoisotopic (exact) mass is 421 g/mol. The van der Waals surface area contributed by atoms with E-state index in [-0.39, 0.29) is 22.8 Å². The Hall–Kier alpha value is -3.58. The molecule has 152 valence electrons. The fraction of sp³-hybridized carbons (Fsp3) is 0.130. The number of aliphatic hydroxyl groups excluding tert-OH is 1. The molecule has 6 nitrogen and oxygen atoms in total. The molecule has 2 heterocycles. The molecule has 0 radical (unpaired) electrons. The molecular formula is C23H19NO5S. The van der Waals surface area contributed by atoms with Crippen molar-refractivity contribution in [1.82, 2.24) is 0 Å². The molecule has 1 amide bonds. The third kappa shape index (κ3) is 3.33. The number of para-hydroxylation sites is 2. The first kappa shape index (κ1) is 19.7. The molecule has 1 aliphatic rings. The first-order chi connectivity index (χ1) is 14.5. The average molecular weight is 421 g/mol. The summed E-state index contributed by atoms with van der Waals surface area (Å²) in [6.45, 7) is 2.30. The number of phenols is 1. The molecule has 0 spiro atoms. The van der Waals surface area contributed by atoms with Gasteiger partial charge in [0.25, 0.3) is 11.7 Å². The van der Waals surface area contributed by atoms with Crippen molar-refractivity contribution in [2.45, 2.75) is 13.0 Å². The van der Waals surface area contributed by atoms with Crippen LogP contribution in [0.4, 0.5) is 5.69 Å². The molecule has 2 N–H and O–H groups in total. The van der Waals surface area contributed by atoms with Crippen molar-refractivity contribution >= 4 is 34.5 Å². The highest BCUT2D eigenvalue weighted by Gasteiger charge is 2.48. The lowest BCUT2D eigenvalue weighted by Crippen LogP contribution is -2.29. The standard InChI is InChI=1S/C23H19NO5S/c1-2-29-15-8-5-7-14(13-15)21(26)19-20(18-11-6-12-30-18)24(23(28)22(19)27)16-9-3-4-10-17(16)25/h3-13,20,25-26H,2H2,1H3/b21-19-. The van der Waals surface area contributed by atoms with E-state index in [1.807, 2.05) is 12.3 Å². The molecule has 0 saturated carbocycles. The molecule has 1 aromatic heterocycles. The third-order valence-corrected chi connectivity index (χ3v) is 5.74. The van der Waals surface area contributed by atoms with Crippen LogP contribution in [0.15, 0.2) is 71.6 Å². The second-order valence-corrected chi connectivity index (χ2v) is 7.61. The van der Waals surface area contributed by atoms with Crippen molar-refractivity contribution in [2.24, 2.45) is 0 Å². The number of benzene rings is 2. The predicted molar refractivity (Wildman–Crippen MR) is 115 cm³/mol. The van der Waals surface area contributed by atoms with Crippen LogP contribution in [-0.4, -0.2) is 28.5 Å². The number of Topliss-reactive ketones (excluding diaryl/α,β-unsaturated/α-hetero) is 1. The largest absolute Gasteiger partial charge is 0.507 e. The summed E-state index contributed by atoms with van der Waals surface area (Å²) in [5.74, 6) is -1.48. The minimum atomic E-state index is -0.853. The SMILES string of the molecule is CCOc1cccc(/C(O)=C2/C(=O)C(=O)N(c3ccccc3O)C2c2cccs2)c1. The Morgan fingerprint density at radius 2 is 1.90 bits per heavy atom. The van der Waals surface area contributed by atoms with Crippen molar-refractivity contribution in [2.75, 3.05) is 11.5 Å². The number of rotatable bonds is 5. The fourth-order valence-corrected chi connectivity index (χ4v) is 4.34. The minimum absolute atomic E-state index is 0.0284. The summed E-state index contributed by atoms with van der Waals surface area (Å²) in [6.07, 6.45) is 0. The van der Waals surface area contributed by atoms with Crippen LogP contribution in [0.2, 0.25) is 0 Å². The van der Waals surface area contributed by atoms with Gasteiger partial charge in [0.2, 0.25) is 0 Å². The number of phenolic OH excluding ortho intramolecular Hbond substituents is 1. The van der Waals surface area contributed by atoms with Gasteiger partial charge in [-0.25, -0.2) is 0 Å². The number of ether oxygens (including phenoxy) is 1. The van der Waals surface area contributed by atoms with E-state index in [1.54, 1.807) is 54.6 Å². The zero-order valence-corrected chi connectivity index (χ0v) is 16.9. The molecule has 1 unspecified atom stereocenters. The lowest BCUT2D eigenvalue weighted by molar-refractivity contribution is -0.132. The Morgan fingerprint density at radius 3 is 2.60 bits per heavy atom. The van der Waals surface area contributed by atoms with Gasteiger partial charge in [-0.05, 0) is 42.6 Å². The number of anilines is 1. The van der Waals surface area contributed by atoms with Crippen molar-refractivity contribution in [3.63, 3.8) is 0 Å². The Balaban J connectivity index is 1.91. The first-order valence-corrected chi connectivity index (χ1v) is 10.3. The lowest BCUT2D eigenvalue weighted by Gasteiger charge is -2.24. The van der Waals surface area contributed by atoms with Crippen LogP contribution in [0.25, 0.3) is 5.76 Å². The van der Waals surface area contributed by atoms with E-state index in [1.165, 1.54) is 22.3 Å². The summed E-state index contributed by atoms with van der Waals surface area (Å²) in [5, 5.41) is 23.2. The Morgan fingerprint density at radius 1 is 1.10 bits per heavy atom. The summed E-state index contributed by atoms with van der Waals surface area (Å²) < 4.78 is 5.49. The van der Waals surface area contributed by atoms with E-state index in [9.17, 15) is 19.8 Å². The van der Waals surface area contributed by atoms with Gasteiger partial charge in [-0.1, -0.05) is 30.3 Å². The minimum Gasteiger partial charge on any atom is -0.507 e. The van der Waals surface area contributed by atoms with E-state index in [4.69, 9.17) is 4.74 Å². The highest BCUT2D eigenvalue weighted by Crippen LogP contribution is 2.45. The molecule has 30 heavy (non-hydrogen) atoms. The fourth-order valence-electron chi connectivity index (χ4n) is 3.52. The van der Waals surface area contributed by atoms with Gasteiger partial charge in [-0.15, -0.1) is 11.3 Å². The van der Waals surface area contributed by atoms with E-state index >= 15 is 0 Å². The number of thiophene rings is 1. The smallest absolute Gasteiger partial charge is 0.300 e. The van der Waals surface area contributed by atoms with Gasteiger partial charge < -0.3 is 14.9 Å². The Kier molecular flexibility index (Phi) is 5.29. The molecule has 2 aromatic carbocycles. The quantitative estimate of drug-likeness (QED) is 0.360. The number of aromatic hydroxyl groups is 1. The number of carbonyl (C=O) groups excluding carboxylic acids is 2. The second kappa shape index (κ2) is 8.04. The molecule has 0 aliphatic carbocycles. The van der Waals surface area contributed by atoms with Crippen LogP contribution >= 0.6 is 11.3 Å². The zero-order valence-electron chi connectivity index (χ0n) is 16.1. The topological polar surface area (TPSA) is 87.1 Å². The highest BCUT2D eigenvalue weighted by atomic mass is 32.1. The summed E-state index contributed by atoms with van der Waals surface area (Å²) in [5.41, 5.74) is 0.553. The molecule has 4 rings (SSSR count). The second-order valence-electron chi connectivity index (χ2n) is 6.63. The predicted octanol–water partition coefficient (Wildman–Crippen LogP) is 4.48. The molecule has 0 bridgehead atoms. The van der Waals surface area contributed by atoms with Crippen LogP contribution < -0.4 is 9.64 Å². The van der Waals surface area contributed by atoms with Crippen molar-refractivity contribution < 1.29 is 24.5 Å². The van der Waals surface area contributed by atoms with Gasteiger partial charge in [0.05, 0.1) is 17.9 Å². The molecule has 1 atom stereocenters. The van der Waals surface area contributed by atoms with E-state index in [2.05, 4.69) is 0 Å². The Labute approximate surface area is 177 Å². The number of carbonyl (C=O) groups is 2. The normalized spacial score (nSPS) is 18.0. The molecule has 3 aromatic rings. The maximum Gasteiger partial charge on any atom is 0.300 e. The number of hydrogen-bond acceptors (Lipinski definition) is 6. The van der Waals surface area contributed by atoms with Crippen molar-refractivity contribution in [3.05, 3.63) is 82.1 Å². The molecule has 1 fully saturated rings. The van der Waals surface area contributed by atoms with Crippen LogP contribution in [0.5, 0.6) is 11.5 Å². The van der Waals surface area contributed by atoms with Crippen LogP contribution in [0, 0.1) is 0 Å².